The van der Waals surface area contributed by atoms with E-state index in [1.165, 1.54) is 6.19 Å². The fraction of sp³-hybridized carbons (Fsp3) is 0. The van der Waals surface area contributed by atoms with Crippen LogP contribution in [0.5, 0.6) is 0 Å². The molecule has 1 rings (SSSR count). The molecule has 1 aromatic carbocycles. The number of rotatable bonds is 2. The fourth-order valence-electron chi connectivity index (χ4n) is 1.02. The zero-order chi connectivity index (χ0) is 14.5. The third-order valence-electron chi connectivity index (χ3n) is 1.76. The fourth-order valence-corrected chi connectivity index (χ4v) is 1.93. The van der Waals surface area contributed by atoms with Gasteiger partial charge in [-0.3, -0.25) is 5.32 Å². The Labute approximate surface area is 107 Å². The number of carbonyl (C=O) groups is 1. The van der Waals surface area contributed by atoms with Crippen molar-refractivity contribution in [3.05, 3.63) is 30.1 Å². The summed E-state index contributed by atoms with van der Waals surface area (Å²) in [5, 5.41) is 9.96. The molecule has 0 spiro atoms. The molecule has 0 aromatic heterocycles. The molecule has 100 valence electrons. The zero-order valence-corrected chi connectivity index (χ0v) is 10.1. The number of nitrogens with zero attached hydrogens (tertiary/aromatic N) is 2. The Morgan fingerprint density at radius 1 is 1.37 bits per heavy atom. The van der Waals surface area contributed by atoms with Gasteiger partial charge in [-0.1, -0.05) is 0 Å². The molecule has 8 nitrogen and oxygen atoms in total. The number of aliphatic imine (C=N–C) groups is 1. The number of nitrogens with two attached hydrogens (primary N) is 1. The van der Waals surface area contributed by atoms with Gasteiger partial charge in [0.25, 0.3) is 10.0 Å². The van der Waals surface area contributed by atoms with E-state index < -0.39 is 27.8 Å². The number of amides is 2. The third kappa shape index (κ3) is 4.25. The van der Waals surface area contributed by atoms with Crippen LogP contribution in [0.15, 0.2) is 34.2 Å². The van der Waals surface area contributed by atoms with Gasteiger partial charge in [0, 0.05) is 0 Å². The van der Waals surface area contributed by atoms with Gasteiger partial charge in [0.2, 0.25) is 12.2 Å². The molecular weight excluding hydrogens is 277 g/mol. The van der Waals surface area contributed by atoms with Crippen LogP contribution in [0.4, 0.5) is 9.18 Å². The summed E-state index contributed by atoms with van der Waals surface area (Å²) in [5.41, 5.74) is 5.07. The van der Waals surface area contributed by atoms with Crippen LogP contribution < -0.4 is 15.8 Å². The lowest BCUT2D eigenvalue weighted by Crippen LogP contribution is -2.45. The van der Waals surface area contributed by atoms with Crippen molar-refractivity contribution in [2.45, 2.75) is 4.90 Å². The maximum atomic E-state index is 12.6. The predicted octanol–water partition coefficient (Wildman–Crippen LogP) is -0.391. The van der Waals surface area contributed by atoms with Crippen molar-refractivity contribution >= 4 is 22.0 Å². The summed E-state index contributed by atoms with van der Waals surface area (Å²) in [7, 11) is -4.16. The van der Waals surface area contributed by atoms with Gasteiger partial charge in [-0.2, -0.15) is 5.26 Å². The van der Waals surface area contributed by atoms with Crippen LogP contribution in [0.2, 0.25) is 0 Å². The number of nitrogens with one attached hydrogen (secondary N) is 2. The van der Waals surface area contributed by atoms with Crippen molar-refractivity contribution in [1.82, 2.24) is 10.0 Å². The Bertz CT molecular complexity index is 647. The zero-order valence-electron chi connectivity index (χ0n) is 9.29. The van der Waals surface area contributed by atoms with Crippen LogP contribution >= 0.6 is 0 Å². The molecule has 0 saturated heterocycles. The highest BCUT2D eigenvalue weighted by Crippen LogP contribution is 2.09. The predicted molar refractivity (Wildman–Crippen MR) is 62.5 cm³/mol. The van der Waals surface area contributed by atoms with E-state index in [2.05, 4.69) is 4.99 Å². The molecule has 0 unspecified atom stereocenters. The molecular formula is C9H8FN5O3S. The second-order valence-electron chi connectivity index (χ2n) is 3.11. The highest BCUT2D eigenvalue weighted by molar-refractivity contribution is 7.90. The average molecular weight is 285 g/mol. The Morgan fingerprint density at radius 2 is 1.95 bits per heavy atom. The molecule has 0 radical (unpaired) electrons. The number of hydrogen-bond donors (Lipinski definition) is 3. The second kappa shape index (κ2) is 5.78. The molecule has 10 heteroatoms. The van der Waals surface area contributed by atoms with Gasteiger partial charge in [0.05, 0.1) is 4.90 Å². The molecule has 2 amide bonds. The number of urea groups is 1. The maximum absolute atomic E-state index is 12.6. The van der Waals surface area contributed by atoms with Crippen LogP contribution in [0, 0.1) is 17.3 Å². The smallest absolute Gasteiger partial charge is 0.335 e. The van der Waals surface area contributed by atoms with Crippen molar-refractivity contribution in [3.63, 3.8) is 0 Å². The Balaban J connectivity index is 2.81. The van der Waals surface area contributed by atoms with Crippen LogP contribution in [0.3, 0.4) is 0 Å². The number of nitriles is 1. The van der Waals surface area contributed by atoms with E-state index >= 15 is 0 Å². The van der Waals surface area contributed by atoms with E-state index in [0.29, 0.717) is 0 Å². The molecule has 4 N–H and O–H groups in total. The quantitative estimate of drug-likeness (QED) is 0.386. The number of halogens is 1. The van der Waals surface area contributed by atoms with Gasteiger partial charge in [0.1, 0.15) is 5.82 Å². The lowest BCUT2D eigenvalue weighted by molar-refractivity contribution is 0.250. The number of carbonyl (C=O) groups excluding carboxylic acids is 1. The Morgan fingerprint density at radius 3 is 2.47 bits per heavy atom. The molecule has 19 heavy (non-hydrogen) atoms. The highest BCUT2D eigenvalue weighted by Gasteiger charge is 2.17. The van der Waals surface area contributed by atoms with Gasteiger partial charge in [-0.25, -0.2) is 22.3 Å². The lowest BCUT2D eigenvalue weighted by Gasteiger charge is -2.07. The van der Waals surface area contributed by atoms with Crippen LogP contribution in [-0.2, 0) is 10.0 Å². The number of sulfonamides is 1. The first kappa shape index (κ1) is 14.4. The number of guanidine groups is 1. The third-order valence-corrected chi connectivity index (χ3v) is 3.11. The van der Waals surface area contributed by atoms with E-state index in [0.717, 1.165) is 24.3 Å². The molecule has 0 atom stereocenters. The first-order valence-corrected chi connectivity index (χ1v) is 6.15. The van der Waals surface area contributed by atoms with Crippen molar-refractivity contribution in [2.24, 2.45) is 10.7 Å². The van der Waals surface area contributed by atoms with Crippen molar-refractivity contribution < 1.29 is 17.6 Å². The standard InChI is InChI=1S/C9H8FN5O3S/c10-6-1-3-7(4-2-6)19(17,18)15-9(16)14-8(12)13-5-11/h1-4H,(H4,12,13,14,15,16). The summed E-state index contributed by atoms with van der Waals surface area (Å²) in [4.78, 5) is 13.9. The van der Waals surface area contributed by atoms with E-state index in [9.17, 15) is 17.6 Å². The SMILES string of the molecule is N#CN=C(N)NC(=O)NS(=O)(=O)c1ccc(F)cc1. The van der Waals surface area contributed by atoms with Crippen molar-refractivity contribution in [3.8, 4) is 6.19 Å². The Kier molecular flexibility index (Phi) is 4.38. The molecule has 0 fully saturated rings. The number of hydrogen-bond acceptors (Lipinski definition) is 5. The molecule has 0 heterocycles. The molecule has 0 aliphatic heterocycles. The van der Waals surface area contributed by atoms with E-state index in [-0.39, 0.29) is 4.90 Å². The van der Waals surface area contributed by atoms with Crippen LogP contribution in [0.25, 0.3) is 0 Å². The maximum Gasteiger partial charge on any atom is 0.335 e. The molecule has 0 aliphatic carbocycles. The average Bonchev–Trinajstić information content (AvgIpc) is 2.28. The summed E-state index contributed by atoms with van der Waals surface area (Å²) >= 11 is 0. The van der Waals surface area contributed by atoms with Crippen LogP contribution in [0.1, 0.15) is 0 Å². The summed E-state index contributed by atoms with van der Waals surface area (Å²) < 4.78 is 37.6. The lowest BCUT2D eigenvalue weighted by atomic mass is 10.4. The molecule has 0 aliphatic rings. The van der Waals surface area contributed by atoms with Crippen molar-refractivity contribution in [2.75, 3.05) is 0 Å². The van der Waals surface area contributed by atoms with Gasteiger partial charge in [-0.15, -0.1) is 4.99 Å². The minimum absolute atomic E-state index is 0.306. The van der Waals surface area contributed by atoms with E-state index in [1.807, 2.05) is 5.32 Å². The summed E-state index contributed by atoms with van der Waals surface area (Å²) in [6, 6.07) is 2.63. The normalized spacial score (nSPS) is 11.5. The van der Waals surface area contributed by atoms with Gasteiger partial charge in [-0.05, 0) is 24.3 Å². The van der Waals surface area contributed by atoms with Gasteiger partial charge < -0.3 is 5.73 Å². The minimum atomic E-state index is -4.16. The van der Waals surface area contributed by atoms with Crippen molar-refractivity contribution in [1.29, 1.82) is 5.26 Å². The second-order valence-corrected chi connectivity index (χ2v) is 4.79. The van der Waals surface area contributed by atoms with Crippen LogP contribution in [-0.4, -0.2) is 20.4 Å². The highest BCUT2D eigenvalue weighted by atomic mass is 32.2. The summed E-state index contributed by atoms with van der Waals surface area (Å²) in [6.07, 6.45) is 1.30. The van der Waals surface area contributed by atoms with E-state index in [1.54, 1.807) is 4.72 Å². The topological polar surface area (TPSA) is 137 Å². The monoisotopic (exact) mass is 285 g/mol. The van der Waals surface area contributed by atoms with Gasteiger partial charge >= 0.3 is 6.03 Å². The largest absolute Gasteiger partial charge is 0.369 e. The first-order valence-electron chi connectivity index (χ1n) is 4.67. The number of benzene rings is 1. The molecule has 0 bridgehead atoms. The Hall–Kier alpha value is -2.67. The summed E-state index contributed by atoms with van der Waals surface area (Å²) in [6.45, 7) is 0. The molecule has 1 aromatic rings. The van der Waals surface area contributed by atoms with Gasteiger partial charge in [0.15, 0.2) is 0 Å². The first-order chi connectivity index (χ1) is 8.85. The summed E-state index contributed by atoms with van der Waals surface area (Å²) in [5.74, 6) is -1.18. The minimum Gasteiger partial charge on any atom is -0.369 e. The molecule has 0 saturated carbocycles. The van der Waals surface area contributed by atoms with E-state index in [4.69, 9.17) is 11.0 Å².